The minimum absolute atomic E-state index is 0.331. The topological polar surface area (TPSA) is 43.8 Å². The Morgan fingerprint density at radius 2 is 2.31 bits per heavy atom. The smallest absolute Gasteiger partial charge is 0.257 e. The van der Waals surface area contributed by atoms with Gasteiger partial charge in [0.25, 0.3) is 6.43 Å². The number of nitrogens with zero attached hydrogens (tertiary/aromatic N) is 2. The molecule has 1 rings (SSSR count). The minimum Gasteiger partial charge on any atom is -0.330 e. The minimum atomic E-state index is -2.35. The summed E-state index contributed by atoms with van der Waals surface area (Å²) in [6.07, 6.45) is 2.57. The van der Waals surface area contributed by atoms with Crippen molar-refractivity contribution in [2.75, 3.05) is 6.54 Å². The number of rotatable bonds is 5. The van der Waals surface area contributed by atoms with Crippen LogP contribution in [0.2, 0.25) is 0 Å². The number of hydrogen-bond acceptors (Lipinski definition) is 2. The van der Waals surface area contributed by atoms with E-state index in [1.807, 2.05) is 0 Å². The Morgan fingerprint density at radius 1 is 1.54 bits per heavy atom. The largest absolute Gasteiger partial charge is 0.330 e. The maximum Gasteiger partial charge on any atom is 0.257 e. The molecule has 0 spiro atoms. The molecular formula is C8H13F2N3. The monoisotopic (exact) mass is 189 g/mol. The van der Waals surface area contributed by atoms with Crippen LogP contribution in [0.15, 0.2) is 12.4 Å². The van der Waals surface area contributed by atoms with E-state index in [1.54, 1.807) is 12.4 Å². The van der Waals surface area contributed by atoms with Gasteiger partial charge in [-0.1, -0.05) is 0 Å². The van der Waals surface area contributed by atoms with Crippen LogP contribution in [0.1, 0.15) is 12.0 Å². The van der Waals surface area contributed by atoms with E-state index in [-0.39, 0.29) is 6.54 Å². The van der Waals surface area contributed by atoms with Crippen molar-refractivity contribution >= 4 is 0 Å². The van der Waals surface area contributed by atoms with Gasteiger partial charge in [-0.3, -0.25) is 4.68 Å². The summed E-state index contributed by atoms with van der Waals surface area (Å²) in [5.74, 6) is 0. The van der Waals surface area contributed by atoms with Crippen LogP contribution in [-0.2, 0) is 13.0 Å². The number of nitrogens with two attached hydrogens (primary N) is 1. The zero-order chi connectivity index (χ0) is 9.68. The van der Waals surface area contributed by atoms with Crippen LogP contribution >= 0.6 is 0 Å². The second-order valence-electron chi connectivity index (χ2n) is 2.85. The van der Waals surface area contributed by atoms with Crippen LogP contribution in [-0.4, -0.2) is 22.8 Å². The van der Waals surface area contributed by atoms with Crippen molar-refractivity contribution in [1.82, 2.24) is 9.78 Å². The first-order chi connectivity index (χ1) is 6.22. The molecule has 0 aliphatic rings. The average Bonchev–Trinajstić information content (AvgIpc) is 2.48. The van der Waals surface area contributed by atoms with E-state index in [4.69, 9.17) is 5.73 Å². The first-order valence-corrected chi connectivity index (χ1v) is 4.22. The number of aromatic nitrogens is 2. The molecule has 3 nitrogen and oxygen atoms in total. The normalized spacial score (nSPS) is 11.1. The second-order valence-corrected chi connectivity index (χ2v) is 2.85. The van der Waals surface area contributed by atoms with Crippen molar-refractivity contribution < 1.29 is 8.78 Å². The van der Waals surface area contributed by atoms with E-state index >= 15 is 0 Å². The second kappa shape index (κ2) is 4.91. The molecule has 0 aromatic carbocycles. The van der Waals surface area contributed by atoms with Gasteiger partial charge in [0, 0.05) is 6.20 Å². The maximum atomic E-state index is 11.9. The zero-order valence-corrected chi connectivity index (χ0v) is 7.29. The summed E-state index contributed by atoms with van der Waals surface area (Å²) in [6, 6.07) is 0. The Bertz CT molecular complexity index is 247. The predicted octanol–water partition coefficient (Wildman–Crippen LogP) is 1.04. The Labute approximate surface area is 75.5 Å². The Balaban J connectivity index is 2.44. The molecule has 1 aromatic heterocycles. The Hall–Kier alpha value is -0.970. The molecule has 0 bridgehead atoms. The molecule has 1 heterocycles. The van der Waals surface area contributed by atoms with Gasteiger partial charge in [-0.15, -0.1) is 0 Å². The molecule has 0 radical (unpaired) electrons. The molecule has 0 saturated heterocycles. The highest BCUT2D eigenvalue weighted by Crippen LogP contribution is 2.03. The molecular weight excluding hydrogens is 176 g/mol. The van der Waals surface area contributed by atoms with Crippen molar-refractivity contribution in [1.29, 1.82) is 0 Å². The van der Waals surface area contributed by atoms with Gasteiger partial charge in [-0.25, -0.2) is 8.78 Å². The van der Waals surface area contributed by atoms with Gasteiger partial charge >= 0.3 is 0 Å². The third-order valence-electron chi connectivity index (χ3n) is 1.68. The van der Waals surface area contributed by atoms with Crippen molar-refractivity contribution in [2.45, 2.75) is 25.8 Å². The van der Waals surface area contributed by atoms with Crippen LogP contribution in [0, 0.1) is 0 Å². The van der Waals surface area contributed by atoms with E-state index in [9.17, 15) is 8.78 Å². The summed E-state index contributed by atoms with van der Waals surface area (Å²) < 4.78 is 25.1. The lowest BCUT2D eigenvalue weighted by Crippen LogP contribution is -2.06. The van der Waals surface area contributed by atoms with E-state index in [0.717, 1.165) is 18.4 Å². The maximum absolute atomic E-state index is 11.9. The first kappa shape index (κ1) is 10.1. The van der Waals surface area contributed by atoms with Crippen molar-refractivity contribution in [2.24, 2.45) is 5.73 Å². The van der Waals surface area contributed by atoms with E-state index in [0.29, 0.717) is 6.54 Å². The van der Waals surface area contributed by atoms with E-state index in [1.165, 1.54) is 4.68 Å². The summed E-state index contributed by atoms with van der Waals surface area (Å²) in [4.78, 5) is 0. The number of halogens is 2. The molecule has 0 aliphatic carbocycles. The Kier molecular flexibility index (Phi) is 3.82. The fraction of sp³-hybridized carbons (Fsp3) is 0.625. The molecule has 5 heteroatoms. The van der Waals surface area contributed by atoms with Crippen LogP contribution in [0.3, 0.4) is 0 Å². The van der Waals surface area contributed by atoms with Crippen LogP contribution < -0.4 is 5.73 Å². The highest BCUT2D eigenvalue weighted by atomic mass is 19.3. The Morgan fingerprint density at radius 3 is 2.92 bits per heavy atom. The highest BCUT2D eigenvalue weighted by molar-refractivity contribution is 5.03. The summed E-state index contributed by atoms with van der Waals surface area (Å²) in [7, 11) is 0. The van der Waals surface area contributed by atoms with Crippen LogP contribution in [0.25, 0.3) is 0 Å². The predicted molar refractivity (Wildman–Crippen MR) is 45.6 cm³/mol. The summed E-state index contributed by atoms with van der Waals surface area (Å²) >= 11 is 0. The molecule has 0 fully saturated rings. The summed E-state index contributed by atoms with van der Waals surface area (Å²) in [5, 5.41) is 3.81. The lowest BCUT2D eigenvalue weighted by Gasteiger charge is -1.97. The molecule has 0 saturated carbocycles. The molecule has 74 valence electrons. The first-order valence-electron chi connectivity index (χ1n) is 4.22. The quantitative estimate of drug-likeness (QED) is 0.752. The molecule has 1 aromatic rings. The van der Waals surface area contributed by atoms with Gasteiger partial charge in [0.15, 0.2) is 0 Å². The summed E-state index contributed by atoms with van der Waals surface area (Å²) in [5.41, 5.74) is 6.28. The van der Waals surface area contributed by atoms with E-state index in [2.05, 4.69) is 5.10 Å². The van der Waals surface area contributed by atoms with Gasteiger partial charge in [-0.2, -0.15) is 5.10 Å². The van der Waals surface area contributed by atoms with Crippen LogP contribution in [0.4, 0.5) is 8.78 Å². The van der Waals surface area contributed by atoms with Gasteiger partial charge in [0.1, 0.15) is 6.54 Å². The third-order valence-corrected chi connectivity index (χ3v) is 1.68. The fourth-order valence-corrected chi connectivity index (χ4v) is 1.08. The van der Waals surface area contributed by atoms with Gasteiger partial charge in [0.05, 0.1) is 6.20 Å². The van der Waals surface area contributed by atoms with E-state index < -0.39 is 6.43 Å². The van der Waals surface area contributed by atoms with Gasteiger partial charge in [-0.05, 0) is 24.9 Å². The molecule has 13 heavy (non-hydrogen) atoms. The number of aryl methyl sites for hydroxylation is 1. The molecule has 0 amide bonds. The van der Waals surface area contributed by atoms with Crippen molar-refractivity contribution in [3.05, 3.63) is 18.0 Å². The molecule has 0 unspecified atom stereocenters. The third kappa shape index (κ3) is 3.50. The summed E-state index contributed by atoms with van der Waals surface area (Å²) in [6.45, 7) is 0.280. The number of alkyl halides is 2. The average molecular weight is 189 g/mol. The van der Waals surface area contributed by atoms with Crippen molar-refractivity contribution in [3.63, 3.8) is 0 Å². The lowest BCUT2D eigenvalue weighted by atomic mass is 10.2. The van der Waals surface area contributed by atoms with Gasteiger partial charge < -0.3 is 5.73 Å². The highest BCUT2D eigenvalue weighted by Gasteiger charge is 2.04. The SMILES string of the molecule is NCCCc1cnn(CC(F)F)c1. The molecule has 2 N–H and O–H groups in total. The fourth-order valence-electron chi connectivity index (χ4n) is 1.08. The molecule has 0 atom stereocenters. The standard InChI is InChI=1S/C8H13F2N3/c9-8(10)6-13-5-7(4-12-13)2-1-3-11/h4-5,8H,1-3,6,11H2. The molecule has 0 aliphatic heterocycles. The van der Waals surface area contributed by atoms with Gasteiger partial charge in [0.2, 0.25) is 0 Å². The van der Waals surface area contributed by atoms with Crippen molar-refractivity contribution in [3.8, 4) is 0 Å². The van der Waals surface area contributed by atoms with Crippen LogP contribution in [0.5, 0.6) is 0 Å². The lowest BCUT2D eigenvalue weighted by molar-refractivity contribution is 0.122. The number of hydrogen-bond donors (Lipinski definition) is 1. The zero-order valence-electron chi connectivity index (χ0n) is 7.29.